The molecule has 2 rings (SSSR count). The molecule has 0 fully saturated rings. The van der Waals surface area contributed by atoms with Gasteiger partial charge in [-0.05, 0) is 30.2 Å². The van der Waals surface area contributed by atoms with E-state index in [2.05, 4.69) is 22.5 Å². The van der Waals surface area contributed by atoms with Crippen molar-refractivity contribution in [3.05, 3.63) is 76.7 Å². The molecule has 0 aliphatic rings. The fourth-order valence-corrected chi connectivity index (χ4v) is 2.08. The molecule has 0 aliphatic carbocycles. The summed E-state index contributed by atoms with van der Waals surface area (Å²) >= 11 is 3.43. The summed E-state index contributed by atoms with van der Waals surface area (Å²) in [4.78, 5) is 5.52. The van der Waals surface area contributed by atoms with Crippen molar-refractivity contribution in [3.8, 4) is 0 Å². The van der Waals surface area contributed by atoms with E-state index in [-0.39, 0.29) is 0 Å². The standard InChI is InChI=1S/C16H17BrNO2/c1-13-6-8-18(9-7-13)20-14(2)11-19-12-15-4-3-5-16(17)10-15/h3-10H,2,11-12H2,1H3/q+1. The highest BCUT2D eigenvalue weighted by atomic mass is 79.9. The minimum atomic E-state index is 0.355. The monoisotopic (exact) mass is 334 g/mol. The van der Waals surface area contributed by atoms with Crippen LogP contribution in [0.4, 0.5) is 0 Å². The fourth-order valence-electron chi connectivity index (χ4n) is 1.63. The average molecular weight is 335 g/mol. The van der Waals surface area contributed by atoms with Gasteiger partial charge in [0.1, 0.15) is 6.61 Å². The molecular weight excluding hydrogens is 318 g/mol. The van der Waals surface area contributed by atoms with Gasteiger partial charge in [0, 0.05) is 21.3 Å². The van der Waals surface area contributed by atoms with Gasteiger partial charge < -0.3 is 4.74 Å². The molecule has 4 heteroatoms. The number of ether oxygens (including phenoxy) is 1. The second-order valence-corrected chi connectivity index (χ2v) is 5.40. The smallest absolute Gasteiger partial charge is 0.223 e. The van der Waals surface area contributed by atoms with Crippen LogP contribution in [0.2, 0.25) is 0 Å². The number of nitrogens with zero attached hydrogens (tertiary/aromatic N) is 1. The number of aromatic nitrogens is 1. The Morgan fingerprint density at radius 1 is 1.25 bits per heavy atom. The van der Waals surface area contributed by atoms with Gasteiger partial charge in [0.05, 0.1) is 6.61 Å². The lowest BCUT2D eigenvalue weighted by molar-refractivity contribution is -0.880. The third kappa shape index (κ3) is 4.79. The third-order valence-electron chi connectivity index (χ3n) is 2.62. The fraction of sp³-hybridized carbons (Fsp3) is 0.188. The zero-order chi connectivity index (χ0) is 14.4. The summed E-state index contributed by atoms with van der Waals surface area (Å²) in [6, 6.07) is 11.9. The highest BCUT2D eigenvalue weighted by Crippen LogP contribution is 2.12. The molecule has 0 amide bonds. The zero-order valence-electron chi connectivity index (χ0n) is 11.4. The van der Waals surface area contributed by atoms with Crippen molar-refractivity contribution in [2.75, 3.05) is 6.61 Å². The van der Waals surface area contributed by atoms with Gasteiger partial charge in [-0.15, -0.1) is 0 Å². The summed E-state index contributed by atoms with van der Waals surface area (Å²) in [5.74, 6) is 0.564. The highest BCUT2D eigenvalue weighted by Gasteiger charge is 2.05. The molecule has 104 valence electrons. The average Bonchev–Trinajstić information content (AvgIpc) is 2.41. The summed E-state index contributed by atoms with van der Waals surface area (Å²) in [6.45, 7) is 6.75. The van der Waals surface area contributed by atoms with Crippen LogP contribution in [-0.4, -0.2) is 6.61 Å². The predicted octanol–water partition coefficient (Wildman–Crippen LogP) is 3.20. The molecule has 1 aromatic heterocycles. The largest absolute Gasteiger partial charge is 0.369 e. The van der Waals surface area contributed by atoms with Crippen LogP contribution in [0.5, 0.6) is 0 Å². The molecule has 0 N–H and O–H groups in total. The Hall–Kier alpha value is -1.65. The van der Waals surface area contributed by atoms with Crippen LogP contribution >= 0.6 is 15.9 Å². The summed E-state index contributed by atoms with van der Waals surface area (Å²) < 4.78 is 8.23. The lowest BCUT2D eigenvalue weighted by atomic mass is 10.2. The Morgan fingerprint density at radius 2 is 2.00 bits per heavy atom. The highest BCUT2D eigenvalue weighted by molar-refractivity contribution is 9.10. The Balaban J connectivity index is 1.76. The van der Waals surface area contributed by atoms with E-state index in [9.17, 15) is 0 Å². The molecule has 0 aliphatic heterocycles. The molecule has 0 atom stereocenters. The molecule has 1 aromatic carbocycles. The minimum Gasteiger partial charge on any atom is -0.369 e. The maximum absolute atomic E-state index is 5.57. The van der Waals surface area contributed by atoms with Crippen molar-refractivity contribution in [2.24, 2.45) is 0 Å². The molecule has 1 heterocycles. The van der Waals surface area contributed by atoms with Gasteiger partial charge in [-0.25, -0.2) is 4.84 Å². The molecule has 0 unspecified atom stereocenters. The van der Waals surface area contributed by atoms with Crippen LogP contribution in [0.25, 0.3) is 0 Å². The Labute approximate surface area is 127 Å². The SMILES string of the molecule is C=C(COCc1cccc(Br)c1)O[n+]1ccc(C)cc1. The number of halogens is 1. The molecule has 20 heavy (non-hydrogen) atoms. The van der Waals surface area contributed by atoms with Crippen molar-refractivity contribution in [1.29, 1.82) is 0 Å². The van der Waals surface area contributed by atoms with Crippen molar-refractivity contribution in [3.63, 3.8) is 0 Å². The second-order valence-electron chi connectivity index (χ2n) is 4.49. The summed E-state index contributed by atoms with van der Waals surface area (Å²) in [5, 5.41) is 0. The predicted molar refractivity (Wildman–Crippen MR) is 80.9 cm³/mol. The van der Waals surface area contributed by atoms with Gasteiger partial charge in [-0.2, -0.15) is 0 Å². The number of benzene rings is 1. The quantitative estimate of drug-likeness (QED) is 0.598. The van der Waals surface area contributed by atoms with Gasteiger partial charge in [-0.1, -0.05) is 34.6 Å². The van der Waals surface area contributed by atoms with Crippen molar-refractivity contribution >= 4 is 15.9 Å². The van der Waals surface area contributed by atoms with E-state index in [1.807, 2.05) is 55.7 Å². The number of pyridine rings is 1. The van der Waals surface area contributed by atoms with Gasteiger partial charge in [0.25, 0.3) is 0 Å². The van der Waals surface area contributed by atoms with Crippen LogP contribution in [0, 0.1) is 6.92 Å². The molecule has 0 bridgehead atoms. The van der Waals surface area contributed by atoms with Gasteiger partial charge >= 0.3 is 0 Å². The topological polar surface area (TPSA) is 22.3 Å². The van der Waals surface area contributed by atoms with Crippen LogP contribution in [0.3, 0.4) is 0 Å². The van der Waals surface area contributed by atoms with Crippen LogP contribution in [0.15, 0.2) is 65.6 Å². The Bertz CT molecular complexity index is 581. The molecule has 0 radical (unpaired) electrons. The first kappa shape index (κ1) is 14.8. The third-order valence-corrected chi connectivity index (χ3v) is 3.12. The number of aryl methyl sites for hydroxylation is 1. The van der Waals surface area contributed by atoms with Crippen LogP contribution < -0.4 is 9.57 Å². The van der Waals surface area contributed by atoms with Crippen molar-refractivity contribution in [2.45, 2.75) is 13.5 Å². The summed E-state index contributed by atoms with van der Waals surface area (Å²) in [6.07, 6.45) is 3.68. The molecule has 0 saturated carbocycles. The lowest BCUT2D eigenvalue weighted by Gasteiger charge is -2.05. The van der Waals surface area contributed by atoms with E-state index >= 15 is 0 Å². The number of hydrogen-bond acceptors (Lipinski definition) is 2. The van der Waals surface area contributed by atoms with E-state index in [4.69, 9.17) is 9.57 Å². The maximum atomic E-state index is 5.57. The first-order chi connectivity index (χ1) is 9.63. The van der Waals surface area contributed by atoms with Crippen LogP contribution in [0.1, 0.15) is 11.1 Å². The Kier molecular flexibility index (Phi) is 5.32. The first-order valence-corrected chi connectivity index (χ1v) is 7.09. The van der Waals surface area contributed by atoms with E-state index in [1.165, 1.54) is 5.56 Å². The minimum absolute atomic E-state index is 0.355. The van der Waals surface area contributed by atoms with Gasteiger partial charge in [-0.3, -0.25) is 0 Å². The lowest BCUT2D eigenvalue weighted by Crippen LogP contribution is -2.41. The molecule has 0 saturated heterocycles. The zero-order valence-corrected chi connectivity index (χ0v) is 13.0. The van der Waals surface area contributed by atoms with E-state index < -0.39 is 0 Å². The van der Waals surface area contributed by atoms with Gasteiger partial charge in [0.2, 0.25) is 12.4 Å². The van der Waals surface area contributed by atoms with Crippen LogP contribution in [-0.2, 0) is 11.3 Å². The van der Waals surface area contributed by atoms with Gasteiger partial charge in [0.15, 0.2) is 5.76 Å². The van der Waals surface area contributed by atoms with Crippen molar-refractivity contribution < 1.29 is 14.3 Å². The summed E-state index contributed by atoms with van der Waals surface area (Å²) in [5.41, 5.74) is 2.29. The van der Waals surface area contributed by atoms with Crippen molar-refractivity contribution in [1.82, 2.24) is 0 Å². The van der Waals surface area contributed by atoms with E-state index in [0.29, 0.717) is 19.0 Å². The summed E-state index contributed by atoms with van der Waals surface area (Å²) in [7, 11) is 0. The number of hydrogen-bond donors (Lipinski definition) is 0. The first-order valence-electron chi connectivity index (χ1n) is 6.30. The Morgan fingerprint density at radius 3 is 2.70 bits per heavy atom. The maximum Gasteiger partial charge on any atom is 0.223 e. The molecule has 2 aromatic rings. The van der Waals surface area contributed by atoms with E-state index in [0.717, 1.165) is 10.0 Å². The molecule has 3 nitrogen and oxygen atoms in total. The number of rotatable bonds is 6. The normalized spacial score (nSPS) is 10.3. The van der Waals surface area contributed by atoms with E-state index in [1.54, 1.807) is 4.73 Å². The second kappa shape index (κ2) is 7.22. The molecular formula is C16H17BrNO2+. The molecule has 0 spiro atoms.